The first-order chi connectivity index (χ1) is 13.6. The van der Waals surface area contributed by atoms with Crippen LogP contribution in [0, 0.1) is 6.92 Å². The van der Waals surface area contributed by atoms with Crippen molar-refractivity contribution in [3.05, 3.63) is 47.8 Å². The van der Waals surface area contributed by atoms with Gasteiger partial charge in [-0.15, -0.1) is 0 Å². The van der Waals surface area contributed by atoms with E-state index in [1.54, 1.807) is 12.3 Å². The van der Waals surface area contributed by atoms with Crippen LogP contribution in [0.4, 0.5) is 0 Å². The van der Waals surface area contributed by atoms with Gasteiger partial charge < -0.3 is 20.1 Å². The molecule has 9 heteroatoms. The molecule has 3 heterocycles. The van der Waals surface area contributed by atoms with Crippen molar-refractivity contribution in [2.45, 2.75) is 30.5 Å². The summed E-state index contributed by atoms with van der Waals surface area (Å²) in [7, 11) is -1.45. The van der Waals surface area contributed by atoms with Gasteiger partial charge in [0, 0.05) is 11.8 Å². The van der Waals surface area contributed by atoms with Crippen LogP contribution in [-0.2, 0) is 26.0 Å². The summed E-state index contributed by atoms with van der Waals surface area (Å²) < 4.78 is 31.1. The zero-order valence-corrected chi connectivity index (χ0v) is 16.4. The Morgan fingerprint density at radius 3 is 2.86 bits per heavy atom. The summed E-state index contributed by atoms with van der Waals surface area (Å²) in [5.74, 6) is 6.94. The van der Waals surface area contributed by atoms with Crippen LogP contribution < -0.4 is 10.6 Å². The number of pyridine rings is 1. The average Bonchev–Trinajstić information content (AvgIpc) is 3.06. The van der Waals surface area contributed by atoms with Gasteiger partial charge in [0.15, 0.2) is 6.29 Å². The number of nitrogens with two attached hydrogens (primary N) is 1. The van der Waals surface area contributed by atoms with Gasteiger partial charge in [-0.1, -0.05) is 12.1 Å². The topological polar surface area (TPSA) is 101 Å². The molecule has 4 rings (SSSR count). The smallest absolute Gasteiger partial charge is 0.219 e. The van der Waals surface area contributed by atoms with E-state index in [1.165, 1.54) is 4.68 Å². The first-order valence-electron chi connectivity index (χ1n) is 9.05. The highest BCUT2D eigenvalue weighted by molar-refractivity contribution is 7.84. The maximum absolute atomic E-state index is 12.9. The third-order valence-electron chi connectivity index (χ3n) is 4.56. The predicted octanol–water partition coefficient (Wildman–Crippen LogP) is 1.90. The number of aromatic nitrogens is 3. The molecule has 0 aliphatic carbocycles. The van der Waals surface area contributed by atoms with Crippen molar-refractivity contribution in [3.63, 3.8) is 0 Å². The Kier molecular flexibility index (Phi) is 5.56. The van der Waals surface area contributed by atoms with Crippen LogP contribution >= 0.6 is 0 Å². The van der Waals surface area contributed by atoms with Crippen molar-refractivity contribution >= 4 is 21.8 Å². The minimum Gasteiger partial charge on any atom is -0.488 e. The van der Waals surface area contributed by atoms with Crippen molar-refractivity contribution < 1.29 is 18.4 Å². The monoisotopic (exact) mass is 402 g/mol. The molecule has 1 unspecified atom stereocenters. The van der Waals surface area contributed by atoms with Crippen molar-refractivity contribution in [1.82, 2.24) is 14.6 Å². The number of nitrogens with zero attached hydrogens (tertiary/aromatic N) is 3. The zero-order valence-electron chi connectivity index (χ0n) is 15.5. The number of rotatable bonds is 6. The lowest BCUT2D eigenvalue weighted by atomic mass is 10.2. The molecule has 8 nitrogen and oxygen atoms in total. The summed E-state index contributed by atoms with van der Waals surface area (Å²) >= 11 is 0. The Hall–Kier alpha value is -2.49. The highest BCUT2D eigenvalue weighted by Gasteiger charge is 2.19. The average molecular weight is 402 g/mol. The summed E-state index contributed by atoms with van der Waals surface area (Å²) in [6.45, 7) is 3.54. The van der Waals surface area contributed by atoms with E-state index in [9.17, 15) is 4.21 Å². The van der Waals surface area contributed by atoms with Crippen LogP contribution in [0.2, 0.25) is 0 Å². The van der Waals surface area contributed by atoms with E-state index in [-0.39, 0.29) is 12.0 Å². The largest absolute Gasteiger partial charge is 0.488 e. The first-order valence-corrected chi connectivity index (χ1v) is 10.4. The Labute approximate surface area is 165 Å². The highest BCUT2D eigenvalue weighted by Crippen LogP contribution is 2.23. The van der Waals surface area contributed by atoms with Crippen molar-refractivity contribution in [1.29, 1.82) is 0 Å². The lowest BCUT2D eigenvalue weighted by Gasteiger charge is -2.23. The summed E-state index contributed by atoms with van der Waals surface area (Å²) in [6.07, 6.45) is 2.17. The van der Waals surface area contributed by atoms with Crippen LogP contribution in [0.25, 0.3) is 11.0 Å². The third kappa shape index (κ3) is 3.87. The molecule has 2 N–H and O–H groups in total. The normalized spacial score (nSPS) is 16.3. The lowest BCUT2D eigenvalue weighted by Crippen LogP contribution is -2.30. The molecule has 2 aromatic heterocycles. The Morgan fingerprint density at radius 1 is 1.29 bits per heavy atom. The molecule has 1 aromatic carbocycles. The molecule has 148 valence electrons. The van der Waals surface area contributed by atoms with Gasteiger partial charge in [0.2, 0.25) is 5.16 Å². The molecule has 1 atom stereocenters. The van der Waals surface area contributed by atoms with Gasteiger partial charge in [0.1, 0.15) is 12.4 Å². The van der Waals surface area contributed by atoms with E-state index in [1.807, 2.05) is 31.2 Å². The van der Waals surface area contributed by atoms with Crippen LogP contribution in [0.3, 0.4) is 0 Å². The maximum atomic E-state index is 12.9. The van der Waals surface area contributed by atoms with E-state index in [0.717, 1.165) is 17.5 Å². The lowest BCUT2D eigenvalue weighted by molar-refractivity contribution is -0.191. The molecular formula is C19H22N4O4S. The van der Waals surface area contributed by atoms with Crippen LogP contribution in [0.1, 0.15) is 17.7 Å². The standard InChI is InChI=1S/C19H22N4O4S/c1-13-15(21-8-7-17(13)27-11-18-25-9-4-10-26-18)12-28(24)19-22-14-5-2-3-6-16(14)23(19)20/h2-3,5-8,18H,4,9-12,20H2,1H3. The maximum Gasteiger partial charge on any atom is 0.219 e. The molecule has 1 fully saturated rings. The first kappa shape index (κ1) is 18.9. The van der Waals surface area contributed by atoms with E-state index < -0.39 is 10.8 Å². The zero-order chi connectivity index (χ0) is 19.5. The molecule has 0 saturated carbocycles. The minimum absolute atomic E-state index is 0.194. The van der Waals surface area contributed by atoms with Gasteiger partial charge in [-0.25, -0.2) is 9.66 Å². The number of benzene rings is 1. The second-order valence-corrected chi connectivity index (χ2v) is 7.80. The van der Waals surface area contributed by atoms with Crippen molar-refractivity contribution in [2.75, 3.05) is 25.7 Å². The highest BCUT2D eigenvalue weighted by atomic mass is 32.2. The molecule has 1 aliphatic rings. The Balaban J connectivity index is 1.49. The fraction of sp³-hybridized carbons (Fsp3) is 0.368. The number of hydrogen-bond donors (Lipinski definition) is 1. The van der Waals surface area contributed by atoms with Crippen molar-refractivity contribution in [2.24, 2.45) is 0 Å². The molecular weight excluding hydrogens is 380 g/mol. The third-order valence-corrected chi connectivity index (χ3v) is 5.80. The fourth-order valence-corrected chi connectivity index (χ4v) is 4.21. The molecule has 0 amide bonds. The minimum atomic E-state index is -1.45. The fourth-order valence-electron chi connectivity index (χ4n) is 3.02. The van der Waals surface area contributed by atoms with Crippen LogP contribution in [0.5, 0.6) is 5.75 Å². The SMILES string of the molecule is Cc1c(OCC2OCCCO2)ccnc1CS(=O)c1nc2ccccc2n1N. The van der Waals surface area contributed by atoms with Crippen molar-refractivity contribution in [3.8, 4) is 5.75 Å². The van der Waals surface area contributed by atoms with Crippen LogP contribution in [0.15, 0.2) is 41.7 Å². The van der Waals surface area contributed by atoms with E-state index in [0.29, 0.717) is 41.9 Å². The van der Waals surface area contributed by atoms with Gasteiger partial charge in [-0.2, -0.15) is 0 Å². The summed E-state index contributed by atoms with van der Waals surface area (Å²) in [4.78, 5) is 8.77. The number of para-hydroxylation sites is 2. The molecule has 3 aromatic rings. The molecule has 0 radical (unpaired) electrons. The molecule has 0 bridgehead atoms. The molecule has 28 heavy (non-hydrogen) atoms. The molecule has 0 spiro atoms. The van der Waals surface area contributed by atoms with Gasteiger partial charge in [0.05, 0.1) is 46.5 Å². The Bertz CT molecular complexity index is 1000. The second kappa shape index (κ2) is 8.26. The summed E-state index contributed by atoms with van der Waals surface area (Å²) in [5, 5.41) is 0.317. The summed E-state index contributed by atoms with van der Waals surface area (Å²) in [6, 6.07) is 9.20. The quantitative estimate of drug-likeness (QED) is 0.628. The van der Waals surface area contributed by atoms with Gasteiger partial charge in [-0.3, -0.25) is 9.19 Å². The molecule has 1 saturated heterocycles. The van der Waals surface area contributed by atoms with E-state index in [4.69, 9.17) is 20.1 Å². The number of fused-ring (bicyclic) bond motifs is 1. The van der Waals surface area contributed by atoms with Gasteiger partial charge in [0.25, 0.3) is 0 Å². The second-order valence-electron chi connectivity index (χ2n) is 6.46. The number of hydrogen-bond acceptors (Lipinski definition) is 7. The van der Waals surface area contributed by atoms with Crippen LogP contribution in [-0.4, -0.2) is 45.0 Å². The van der Waals surface area contributed by atoms with Gasteiger partial charge >= 0.3 is 0 Å². The van der Waals surface area contributed by atoms with E-state index >= 15 is 0 Å². The van der Waals surface area contributed by atoms with Gasteiger partial charge in [-0.05, 0) is 31.5 Å². The van der Waals surface area contributed by atoms with E-state index in [2.05, 4.69) is 9.97 Å². The number of ether oxygens (including phenoxy) is 3. The number of nitrogen functional groups attached to an aromatic ring is 1. The number of imidazole rings is 1. The summed E-state index contributed by atoms with van der Waals surface area (Å²) in [5.41, 5.74) is 2.95. The predicted molar refractivity (Wildman–Crippen MR) is 105 cm³/mol. The Morgan fingerprint density at radius 2 is 2.07 bits per heavy atom. The molecule has 1 aliphatic heterocycles.